The molecule has 0 radical (unpaired) electrons. The van der Waals surface area contributed by atoms with Crippen molar-refractivity contribution in [3.05, 3.63) is 70.8 Å². The number of alkyl halides is 3. The lowest BCUT2D eigenvalue weighted by Gasteiger charge is -2.25. The molecule has 2 saturated carbocycles. The summed E-state index contributed by atoms with van der Waals surface area (Å²) in [5, 5.41) is 17.0. The molecule has 10 heteroatoms. The maximum absolute atomic E-state index is 14.1. The van der Waals surface area contributed by atoms with Crippen LogP contribution < -0.4 is 5.32 Å². The zero-order valence-corrected chi connectivity index (χ0v) is 19.3. The van der Waals surface area contributed by atoms with Crippen LogP contribution >= 0.6 is 0 Å². The molecular weight excluding hydrogens is 478 g/mol. The van der Waals surface area contributed by atoms with Gasteiger partial charge in [-0.2, -0.15) is 18.3 Å². The van der Waals surface area contributed by atoms with E-state index in [1.165, 1.54) is 6.07 Å². The number of aryl methyl sites for hydroxylation is 1. The Labute approximate surface area is 203 Å². The molecule has 36 heavy (non-hydrogen) atoms. The molecule has 6 nitrogen and oxygen atoms in total. The molecule has 188 valence electrons. The molecule has 2 aliphatic rings. The van der Waals surface area contributed by atoms with Crippen LogP contribution in [0, 0.1) is 12.7 Å². The topological polar surface area (TPSA) is 84.2 Å². The number of carboxylic acid groups (broad SMARTS) is 1. The molecule has 1 amide bonds. The van der Waals surface area contributed by atoms with Crippen molar-refractivity contribution in [2.75, 3.05) is 5.32 Å². The summed E-state index contributed by atoms with van der Waals surface area (Å²) in [4.78, 5) is 25.2. The minimum atomic E-state index is -4.83. The van der Waals surface area contributed by atoms with Crippen molar-refractivity contribution in [3.8, 4) is 11.1 Å². The molecule has 0 bridgehead atoms. The van der Waals surface area contributed by atoms with E-state index >= 15 is 0 Å². The van der Waals surface area contributed by atoms with Crippen LogP contribution in [-0.4, -0.2) is 26.8 Å². The number of aromatic nitrogens is 2. The van der Waals surface area contributed by atoms with Crippen molar-refractivity contribution in [1.82, 2.24) is 9.78 Å². The van der Waals surface area contributed by atoms with E-state index in [-0.39, 0.29) is 16.8 Å². The lowest BCUT2D eigenvalue weighted by atomic mass is 9.92. The fourth-order valence-corrected chi connectivity index (χ4v) is 4.79. The van der Waals surface area contributed by atoms with E-state index in [2.05, 4.69) is 10.4 Å². The normalized spacial score (nSPS) is 16.9. The minimum absolute atomic E-state index is 0.0103. The number of rotatable bonds is 6. The summed E-state index contributed by atoms with van der Waals surface area (Å²) in [5.74, 6) is -3.13. The van der Waals surface area contributed by atoms with Gasteiger partial charge in [0, 0.05) is 23.0 Å². The summed E-state index contributed by atoms with van der Waals surface area (Å²) in [6.45, 7) is 1.73. The number of carbonyl (C=O) groups excluding carboxylic acids is 1. The first kappa shape index (κ1) is 24.0. The van der Waals surface area contributed by atoms with Crippen molar-refractivity contribution in [2.45, 2.75) is 56.7 Å². The fraction of sp³-hybridized carbons (Fsp3) is 0.346. The van der Waals surface area contributed by atoms with Crippen LogP contribution in [0.3, 0.4) is 0 Å². The Balaban J connectivity index is 1.42. The molecule has 0 aliphatic heterocycles. The Morgan fingerprint density at radius 2 is 1.89 bits per heavy atom. The minimum Gasteiger partial charge on any atom is -0.478 e. The second kappa shape index (κ2) is 8.46. The van der Waals surface area contributed by atoms with E-state index < -0.39 is 34.8 Å². The standard InChI is InChI=1S/C26H23F4N3O3/c1-14-9-17(11-19(23(34)35)22(14)15-12-31-33(13-15)18-3-2-4-18)32-24(36)25(7-8-25)16-5-6-20(21(27)10-16)26(28,29)30/h5-6,9-13,18H,2-4,7-8H2,1H3,(H,32,36)(H,34,35). The zero-order chi connectivity index (χ0) is 25.8. The van der Waals surface area contributed by atoms with Crippen molar-refractivity contribution in [3.63, 3.8) is 0 Å². The van der Waals surface area contributed by atoms with E-state index in [0.29, 0.717) is 41.6 Å². The number of hydrogen-bond acceptors (Lipinski definition) is 3. The average molecular weight is 501 g/mol. The summed E-state index contributed by atoms with van der Waals surface area (Å²) >= 11 is 0. The van der Waals surface area contributed by atoms with E-state index in [9.17, 15) is 32.3 Å². The summed E-state index contributed by atoms with van der Waals surface area (Å²) in [7, 11) is 0. The highest BCUT2D eigenvalue weighted by Gasteiger charge is 2.52. The maximum Gasteiger partial charge on any atom is 0.419 e. The van der Waals surface area contributed by atoms with Gasteiger partial charge in [-0.3, -0.25) is 9.48 Å². The van der Waals surface area contributed by atoms with Gasteiger partial charge in [0.25, 0.3) is 0 Å². The van der Waals surface area contributed by atoms with Crippen LogP contribution in [0.4, 0.5) is 23.2 Å². The van der Waals surface area contributed by atoms with Gasteiger partial charge in [0.15, 0.2) is 0 Å². The van der Waals surface area contributed by atoms with E-state index in [0.717, 1.165) is 31.4 Å². The molecule has 0 atom stereocenters. The van der Waals surface area contributed by atoms with Gasteiger partial charge in [-0.05, 0) is 74.4 Å². The van der Waals surface area contributed by atoms with Crippen molar-refractivity contribution in [1.29, 1.82) is 0 Å². The number of hydrogen-bond donors (Lipinski definition) is 2. The number of halogens is 4. The predicted octanol–water partition coefficient (Wildman–Crippen LogP) is 6.11. The second-order valence-corrected chi connectivity index (χ2v) is 9.54. The highest BCUT2D eigenvalue weighted by molar-refractivity contribution is 6.04. The van der Waals surface area contributed by atoms with E-state index in [1.807, 2.05) is 10.9 Å². The zero-order valence-electron chi connectivity index (χ0n) is 19.3. The first-order chi connectivity index (χ1) is 17.0. The molecule has 2 fully saturated rings. The molecule has 0 spiro atoms. The molecular formula is C26H23F4N3O3. The molecule has 3 aromatic rings. The van der Waals surface area contributed by atoms with E-state index in [1.54, 1.807) is 19.2 Å². The van der Waals surface area contributed by atoms with Gasteiger partial charge in [-0.15, -0.1) is 0 Å². The van der Waals surface area contributed by atoms with Gasteiger partial charge >= 0.3 is 12.1 Å². The quantitative estimate of drug-likeness (QED) is 0.399. The number of carboxylic acids is 1. The van der Waals surface area contributed by atoms with E-state index in [4.69, 9.17) is 0 Å². The monoisotopic (exact) mass is 501 g/mol. The van der Waals surface area contributed by atoms with Gasteiger partial charge < -0.3 is 10.4 Å². The molecule has 1 aromatic heterocycles. The Morgan fingerprint density at radius 3 is 2.44 bits per heavy atom. The van der Waals surface area contributed by atoms with Crippen LogP contribution in [0.5, 0.6) is 0 Å². The molecule has 2 aliphatic carbocycles. The smallest absolute Gasteiger partial charge is 0.419 e. The number of aromatic carboxylic acids is 1. The van der Waals surface area contributed by atoms with Crippen molar-refractivity contribution in [2.24, 2.45) is 0 Å². The van der Waals surface area contributed by atoms with Crippen molar-refractivity contribution >= 4 is 17.6 Å². The number of carbonyl (C=O) groups is 2. The highest BCUT2D eigenvalue weighted by Crippen LogP contribution is 2.50. The molecule has 2 N–H and O–H groups in total. The maximum atomic E-state index is 14.1. The van der Waals surface area contributed by atoms with Crippen molar-refractivity contribution < 1.29 is 32.3 Å². The van der Waals surface area contributed by atoms with Gasteiger partial charge in [0.1, 0.15) is 5.82 Å². The van der Waals surface area contributed by atoms with Gasteiger partial charge in [0.05, 0.1) is 28.8 Å². The molecule has 1 heterocycles. The third-order valence-corrected chi connectivity index (χ3v) is 7.17. The number of nitrogens with zero attached hydrogens (tertiary/aromatic N) is 2. The number of nitrogens with one attached hydrogen (secondary N) is 1. The van der Waals surface area contributed by atoms with Gasteiger partial charge in [-0.1, -0.05) is 6.07 Å². The van der Waals surface area contributed by atoms with Crippen LogP contribution in [0.2, 0.25) is 0 Å². The summed E-state index contributed by atoms with van der Waals surface area (Å²) in [5.41, 5.74) is -0.395. The summed E-state index contributed by atoms with van der Waals surface area (Å²) in [6.07, 6.45) is 2.50. The summed E-state index contributed by atoms with van der Waals surface area (Å²) in [6, 6.07) is 5.83. The first-order valence-electron chi connectivity index (χ1n) is 11.6. The summed E-state index contributed by atoms with van der Waals surface area (Å²) < 4.78 is 54.8. The lowest BCUT2D eigenvalue weighted by molar-refractivity contribution is -0.140. The molecule has 0 unspecified atom stereocenters. The predicted molar refractivity (Wildman–Crippen MR) is 123 cm³/mol. The van der Waals surface area contributed by atoms with Crippen LogP contribution in [0.1, 0.15) is 65.2 Å². The van der Waals surface area contributed by atoms with Crippen LogP contribution in [0.15, 0.2) is 42.7 Å². The third-order valence-electron chi connectivity index (χ3n) is 7.17. The third kappa shape index (κ3) is 4.14. The Hall–Kier alpha value is -3.69. The lowest BCUT2D eigenvalue weighted by Crippen LogP contribution is -2.28. The SMILES string of the molecule is Cc1cc(NC(=O)C2(c3ccc(C(F)(F)F)c(F)c3)CC2)cc(C(=O)O)c1-c1cnn(C2CCC2)c1. The first-order valence-corrected chi connectivity index (χ1v) is 11.6. The Morgan fingerprint density at radius 1 is 1.17 bits per heavy atom. The molecule has 5 rings (SSSR count). The van der Waals surface area contributed by atoms with Crippen LogP contribution in [0.25, 0.3) is 11.1 Å². The number of amides is 1. The van der Waals surface area contributed by atoms with Gasteiger partial charge in [0.2, 0.25) is 5.91 Å². The molecule has 2 aromatic carbocycles. The fourth-order valence-electron chi connectivity index (χ4n) is 4.79. The number of anilines is 1. The van der Waals surface area contributed by atoms with Crippen LogP contribution in [-0.2, 0) is 16.4 Å². The number of benzene rings is 2. The second-order valence-electron chi connectivity index (χ2n) is 9.54. The average Bonchev–Trinajstić information content (AvgIpc) is 3.44. The molecule has 0 saturated heterocycles. The Bertz CT molecular complexity index is 1370. The Kier molecular flexibility index (Phi) is 5.65. The highest BCUT2D eigenvalue weighted by atomic mass is 19.4. The van der Waals surface area contributed by atoms with Gasteiger partial charge in [-0.25, -0.2) is 9.18 Å². The largest absolute Gasteiger partial charge is 0.478 e.